The molecule has 46 heavy (non-hydrogen) atoms. The van der Waals surface area contributed by atoms with Crippen molar-refractivity contribution < 1.29 is 9.13 Å². The second-order valence-electron chi connectivity index (χ2n) is 12.3. The van der Waals surface area contributed by atoms with E-state index in [0.717, 1.165) is 47.2 Å². The topological polar surface area (TPSA) is 43.2 Å². The van der Waals surface area contributed by atoms with E-state index in [4.69, 9.17) is 17.6 Å². The molecule has 7 heteroatoms. The van der Waals surface area contributed by atoms with Crippen LogP contribution >= 0.6 is 0 Å². The summed E-state index contributed by atoms with van der Waals surface area (Å²) in [7, 11) is 6.73. The number of allylic oxidation sites excluding steroid dienone is 3. The Bertz CT molecular complexity index is 1670. The van der Waals surface area contributed by atoms with E-state index < -0.39 is 6.67 Å². The highest BCUT2D eigenvalue weighted by atomic mass is 19.1. The highest BCUT2D eigenvalue weighted by Crippen LogP contribution is 2.40. The van der Waals surface area contributed by atoms with Gasteiger partial charge in [0.2, 0.25) is 5.88 Å². The van der Waals surface area contributed by atoms with Gasteiger partial charge in [0.05, 0.1) is 34.6 Å². The lowest BCUT2D eigenvalue weighted by atomic mass is 9.92. The molecule has 2 radical (unpaired) electrons. The lowest BCUT2D eigenvalue weighted by Crippen LogP contribution is -2.26. The molecule has 3 aromatic heterocycles. The number of fused-ring (bicyclic) bond motifs is 1. The van der Waals surface area contributed by atoms with Crippen molar-refractivity contribution in [2.24, 2.45) is 0 Å². The van der Waals surface area contributed by atoms with Crippen LogP contribution in [0.4, 0.5) is 10.1 Å². The molecule has 1 atom stereocenters. The van der Waals surface area contributed by atoms with Crippen molar-refractivity contribution in [3.05, 3.63) is 94.2 Å². The summed E-state index contributed by atoms with van der Waals surface area (Å²) in [4.78, 5) is 12.1. The Morgan fingerprint density at radius 2 is 1.83 bits per heavy atom. The van der Waals surface area contributed by atoms with Crippen LogP contribution in [0.25, 0.3) is 22.3 Å². The monoisotopic (exact) mass is 620 g/mol. The van der Waals surface area contributed by atoms with E-state index in [-0.39, 0.29) is 6.04 Å². The zero-order valence-electron chi connectivity index (χ0n) is 29.0. The van der Waals surface area contributed by atoms with Crippen LogP contribution in [0.2, 0.25) is 0 Å². The van der Waals surface area contributed by atoms with Crippen LogP contribution in [0.5, 0.6) is 5.88 Å². The molecule has 4 aromatic rings. The van der Waals surface area contributed by atoms with Gasteiger partial charge in [-0.1, -0.05) is 69.6 Å². The number of ether oxygens (including phenoxy) is 1. The smallest absolute Gasteiger partial charge is 0.222 e. The van der Waals surface area contributed by atoms with Gasteiger partial charge in [-0.2, -0.15) is 0 Å². The van der Waals surface area contributed by atoms with E-state index in [1.165, 1.54) is 22.4 Å². The van der Waals surface area contributed by atoms with Gasteiger partial charge in [0.25, 0.3) is 0 Å². The normalized spacial score (nSPS) is 13.1. The van der Waals surface area contributed by atoms with E-state index in [1.54, 1.807) is 12.3 Å². The molecule has 0 saturated carbocycles. The quantitative estimate of drug-likeness (QED) is 0.0980. The first kappa shape index (κ1) is 35.0. The third-order valence-electron chi connectivity index (χ3n) is 8.71. The van der Waals surface area contributed by atoms with Gasteiger partial charge in [-0.25, -0.2) is 14.4 Å². The number of hydrogen-bond donors (Lipinski definition) is 0. The molecule has 0 fully saturated rings. The van der Waals surface area contributed by atoms with E-state index in [9.17, 15) is 4.39 Å². The standard InChI is InChI=1S/C39H50BFN4O/c1-9-14-30(23-41)21-32(40)25-44(24-29-16-18-31(19-17-29)27(7)10-2)36-22-34(33-15-13-20-42-39(33)46-12-4)43-37-28(8)35(11-3)45(26(5)6)38(36)37/h13-22,26-27H,9-12,23-25H2,1-8H3/b30-14-,32-21-. The summed E-state index contributed by atoms with van der Waals surface area (Å²) in [5.41, 5.74) is 10.8. The SMILES string of the molecule is [B]/C(=C\C(=C\CC)CF)CN(Cc1ccc(C(C)CC)cc1)c1cc(-c2cccnc2OCC)nc2c(C)c(CC)n(C(C)C)c12. The van der Waals surface area contributed by atoms with E-state index in [1.807, 2.05) is 32.1 Å². The minimum Gasteiger partial charge on any atom is -0.477 e. The number of anilines is 1. The Morgan fingerprint density at radius 3 is 2.43 bits per heavy atom. The molecule has 0 bridgehead atoms. The molecular formula is C39H50BFN4O. The summed E-state index contributed by atoms with van der Waals surface area (Å²) in [5, 5.41) is 0. The molecule has 0 spiro atoms. The average molecular weight is 621 g/mol. The van der Waals surface area contributed by atoms with Crippen LogP contribution in [0, 0.1) is 6.92 Å². The number of hydrogen-bond acceptors (Lipinski definition) is 4. The van der Waals surface area contributed by atoms with Crippen molar-refractivity contribution in [2.75, 3.05) is 24.7 Å². The van der Waals surface area contributed by atoms with Crippen LogP contribution in [0.3, 0.4) is 0 Å². The Hall–Kier alpha value is -3.87. The maximum absolute atomic E-state index is 13.9. The maximum Gasteiger partial charge on any atom is 0.222 e. The average Bonchev–Trinajstić information content (AvgIpc) is 3.35. The summed E-state index contributed by atoms with van der Waals surface area (Å²) in [5.74, 6) is 1.06. The maximum atomic E-state index is 13.9. The lowest BCUT2D eigenvalue weighted by molar-refractivity contribution is 0.328. The number of halogens is 1. The minimum absolute atomic E-state index is 0.213. The highest BCUT2D eigenvalue weighted by molar-refractivity contribution is 6.22. The molecule has 5 nitrogen and oxygen atoms in total. The first-order valence-corrected chi connectivity index (χ1v) is 16.8. The van der Waals surface area contributed by atoms with Crippen LogP contribution in [-0.4, -0.2) is 42.2 Å². The number of aryl methyl sites for hydroxylation is 1. The van der Waals surface area contributed by atoms with Gasteiger partial charge < -0.3 is 14.2 Å². The number of alkyl halides is 1. The van der Waals surface area contributed by atoms with Crippen LogP contribution in [-0.2, 0) is 13.0 Å². The number of pyridine rings is 2. The molecule has 0 amide bonds. The molecule has 0 aliphatic carbocycles. The number of nitrogens with zero attached hydrogens (tertiary/aromatic N) is 4. The summed E-state index contributed by atoms with van der Waals surface area (Å²) < 4.78 is 22.3. The molecule has 0 saturated heterocycles. The Morgan fingerprint density at radius 1 is 1.09 bits per heavy atom. The van der Waals surface area contributed by atoms with Gasteiger partial charge in [0.1, 0.15) is 14.5 Å². The number of rotatable bonds is 15. The third-order valence-corrected chi connectivity index (χ3v) is 8.71. The Balaban J connectivity index is 2.01. The fourth-order valence-corrected chi connectivity index (χ4v) is 6.25. The van der Waals surface area contributed by atoms with Crippen molar-refractivity contribution >= 4 is 24.6 Å². The van der Waals surface area contributed by atoms with Gasteiger partial charge in [0.15, 0.2) is 0 Å². The summed E-state index contributed by atoms with van der Waals surface area (Å²) in [6.45, 7) is 18.2. The predicted molar refractivity (Wildman–Crippen MR) is 193 cm³/mol. The second kappa shape index (κ2) is 16.1. The van der Waals surface area contributed by atoms with Gasteiger partial charge in [-0.3, -0.25) is 0 Å². The predicted octanol–water partition coefficient (Wildman–Crippen LogP) is 9.83. The van der Waals surface area contributed by atoms with E-state index >= 15 is 0 Å². The Kier molecular flexibility index (Phi) is 12.3. The van der Waals surface area contributed by atoms with Crippen LogP contribution in [0.15, 0.2) is 71.9 Å². The van der Waals surface area contributed by atoms with Gasteiger partial charge >= 0.3 is 0 Å². The molecule has 3 heterocycles. The van der Waals surface area contributed by atoms with Gasteiger partial charge in [-0.15, -0.1) is 0 Å². The summed E-state index contributed by atoms with van der Waals surface area (Å²) in [6.07, 6.45) is 8.16. The molecule has 0 aliphatic heterocycles. The van der Waals surface area contributed by atoms with Crippen molar-refractivity contribution in [3.63, 3.8) is 0 Å². The summed E-state index contributed by atoms with van der Waals surface area (Å²) in [6, 6.07) is 15.2. The zero-order chi connectivity index (χ0) is 33.4. The van der Waals surface area contributed by atoms with Crippen molar-refractivity contribution in [3.8, 4) is 17.1 Å². The van der Waals surface area contributed by atoms with Gasteiger partial charge in [0, 0.05) is 31.0 Å². The molecule has 1 aromatic carbocycles. The van der Waals surface area contributed by atoms with E-state index in [0.29, 0.717) is 42.5 Å². The first-order valence-electron chi connectivity index (χ1n) is 16.8. The number of benzene rings is 1. The van der Waals surface area contributed by atoms with Crippen molar-refractivity contribution in [1.82, 2.24) is 14.5 Å². The molecule has 0 aliphatic rings. The highest BCUT2D eigenvalue weighted by Gasteiger charge is 2.25. The second-order valence-corrected chi connectivity index (χ2v) is 12.3. The third kappa shape index (κ3) is 7.74. The van der Waals surface area contributed by atoms with E-state index in [2.05, 4.69) is 86.3 Å². The minimum atomic E-state index is -0.550. The molecule has 242 valence electrons. The molecular weight excluding hydrogens is 570 g/mol. The molecule has 1 unspecified atom stereocenters. The van der Waals surface area contributed by atoms with Crippen molar-refractivity contribution in [1.29, 1.82) is 0 Å². The fraction of sp³-hybridized carbons (Fsp3) is 0.436. The number of aromatic nitrogens is 3. The first-order chi connectivity index (χ1) is 22.2. The van der Waals surface area contributed by atoms with Crippen LogP contribution < -0.4 is 9.64 Å². The van der Waals surface area contributed by atoms with Gasteiger partial charge in [-0.05, 0) is 93.3 Å². The summed E-state index contributed by atoms with van der Waals surface area (Å²) >= 11 is 0. The Labute approximate surface area is 277 Å². The zero-order valence-corrected chi connectivity index (χ0v) is 29.0. The molecule has 4 rings (SSSR count). The molecule has 0 N–H and O–H groups in total. The lowest BCUT2D eigenvalue weighted by Gasteiger charge is -2.29. The largest absolute Gasteiger partial charge is 0.477 e. The fourth-order valence-electron chi connectivity index (χ4n) is 6.25. The van der Waals surface area contributed by atoms with Crippen molar-refractivity contribution in [2.45, 2.75) is 93.2 Å². The van der Waals surface area contributed by atoms with Crippen LogP contribution in [0.1, 0.15) is 95.7 Å².